The molecule has 4 aromatic rings. The van der Waals surface area contributed by atoms with Crippen LogP contribution in [-0.2, 0) is 48.9 Å². The van der Waals surface area contributed by atoms with Gasteiger partial charge in [0, 0.05) is 47.7 Å². The van der Waals surface area contributed by atoms with Crippen LogP contribution >= 0.6 is 23.2 Å². The second-order valence-corrected chi connectivity index (χ2v) is 14.2. The molecule has 12 nitrogen and oxygen atoms in total. The molecule has 0 unspecified atom stereocenters. The number of aromatic amines is 1. The van der Waals surface area contributed by atoms with Crippen molar-refractivity contribution in [1.82, 2.24) is 15.0 Å². The van der Waals surface area contributed by atoms with Gasteiger partial charge < -0.3 is 15.6 Å². The molecule has 0 radical (unpaired) electrons. The minimum atomic E-state index is -4.67. The van der Waals surface area contributed by atoms with Crippen LogP contribution in [0.3, 0.4) is 0 Å². The number of fused-ring (bicyclic) bond motifs is 3. The molecule has 0 bridgehead atoms. The van der Waals surface area contributed by atoms with Crippen molar-refractivity contribution in [1.29, 1.82) is 0 Å². The number of nitrogens with one attached hydrogen (secondary N) is 3. The number of carbonyl (C=O) groups is 1. The van der Waals surface area contributed by atoms with Gasteiger partial charge in [-0.3, -0.25) is 33.7 Å². The molecule has 3 aliphatic rings. The fraction of sp³-hybridized carbons (Fsp3) is 0.378. The number of halogens is 2. The number of nitrogens with zero attached hydrogens (tertiary/aromatic N) is 3. The smallest absolute Gasteiger partial charge is 0.363 e. The molecule has 0 atom stereocenters. The monoisotopic (exact) mass is 770 g/mol. The molecular weight excluding hydrogens is 727 g/mol. The van der Waals surface area contributed by atoms with Gasteiger partial charge in [-0.2, -0.15) is 8.42 Å². The van der Waals surface area contributed by atoms with Crippen LogP contribution in [0.2, 0.25) is 10.0 Å². The molecule has 0 saturated carbocycles. The molecule has 1 amide bonds. The summed E-state index contributed by atoms with van der Waals surface area (Å²) in [5.74, 6) is -0.258. The number of rotatable bonds is 4. The average molecular weight is 772 g/mol. The van der Waals surface area contributed by atoms with Gasteiger partial charge >= 0.3 is 10.4 Å². The largest absolute Gasteiger partial charge is 0.394 e. The number of hydrogen-bond donors (Lipinski definition) is 5. The molecular formula is C37H44Cl2N6O6S. The number of aromatic nitrogens is 3. The number of aryl methyl sites for hydroxylation is 4. The molecule has 3 aliphatic carbocycles. The van der Waals surface area contributed by atoms with Crippen LogP contribution in [0, 0.1) is 6.92 Å². The van der Waals surface area contributed by atoms with Crippen LogP contribution in [0.1, 0.15) is 88.2 Å². The molecule has 0 saturated heterocycles. The van der Waals surface area contributed by atoms with E-state index in [2.05, 4.69) is 30.6 Å². The summed E-state index contributed by atoms with van der Waals surface area (Å²) < 4.78 is 31.6. The van der Waals surface area contributed by atoms with E-state index in [4.69, 9.17) is 40.7 Å². The molecule has 1 aromatic carbocycles. The Kier molecular flexibility index (Phi) is 15.3. The minimum Gasteiger partial charge on any atom is -0.363 e. The SMILES string of the molecule is CN=CNc1cnc2c(c1Cl)CCCC2.Cc1cnc2c(c1Cl)CCCC2.O=C(Nc1c[nH]c2c(c1=O)CCCC2)c1ccccc1.O=S(=O)(O)O. The van der Waals surface area contributed by atoms with E-state index in [0.717, 1.165) is 89.6 Å². The highest BCUT2D eigenvalue weighted by Gasteiger charge is 2.18. The average Bonchev–Trinajstić information content (AvgIpc) is 3.14. The zero-order chi connectivity index (χ0) is 37.7. The van der Waals surface area contributed by atoms with Crippen molar-refractivity contribution in [2.75, 3.05) is 17.7 Å². The van der Waals surface area contributed by atoms with E-state index in [-0.39, 0.29) is 11.3 Å². The summed E-state index contributed by atoms with van der Waals surface area (Å²) in [4.78, 5) is 40.2. The van der Waals surface area contributed by atoms with E-state index in [0.29, 0.717) is 11.3 Å². The van der Waals surface area contributed by atoms with E-state index < -0.39 is 10.4 Å². The van der Waals surface area contributed by atoms with Crippen molar-refractivity contribution < 1.29 is 22.3 Å². The van der Waals surface area contributed by atoms with E-state index in [9.17, 15) is 9.59 Å². The Labute approximate surface area is 314 Å². The number of anilines is 2. The lowest BCUT2D eigenvalue weighted by Gasteiger charge is -2.17. The van der Waals surface area contributed by atoms with Gasteiger partial charge in [-0.1, -0.05) is 41.4 Å². The van der Waals surface area contributed by atoms with Crippen molar-refractivity contribution in [3.8, 4) is 0 Å². The lowest BCUT2D eigenvalue weighted by Crippen LogP contribution is -2.24. The molecule has 0 aliphatic heterocycles. The summed E-state index contributed by atoms with van der Waals surface area (Å²) in [5, 5.41) is 7.47. The number of carbonyl (C=O) groups excluding carboxylic acids is 1. The molecule has 52 heavy (non-hydrogen) atoms. The standard InChI is InChI=1S/C16H16N2O2.C11H14ClN3.C10H12ClN.H2O4S/c19-15-12-8-4-5-9-13(12)17-10-14(15)18-16(20)11-6-2-1-3-7-11;1-13-7-15-10-6-14-9-5-3-2-4-8(9)11(10)12;1-7-6-12-9-5-3-2-4-8(9)10(7)11;1-5(2,3)4/h1-3,6-7,10H,4-5,8-9H2,(H,17,19)(H,18,20);6-7H,2-5H2,1H3,(H,13,15);6H,2-5H2,1H3;(H2,1,2,3,4). The van der Waals surface area contributed by atoms with Gasteiger partial charge in [-0.15, -0.1) is 0 Å². The molecule has 278 valence electrons. The number of H-pyrrole nitrogens is 1. The Morgan fingerprint density at radius 2 is 1.37 bits per heavy atom. The van der Waals surface area contributed by atoms with Gasteiger partial charge in [0.15, 0.2) is 0 Å². The van der Waals surface area contributed by atoms with Gasteiger partial charge in [-0.05, 0) is 113 Å². The first-order chi connectivity index (χ1) is 24.9. The van der Waals surface area contributed by atoms with Crippen molar-refractivity contribution in [3.05, 3.63) is 114 Å². The molecule has 15 heteroatoms. The second kappa shape index (κ2) is 19.6. The normalized spacial score (nSPS) is 14.4. The number of hydrogen-bond acceptors (Lipinski definition) is 7. The maximum absolute atomic E-state index is 12.3. The molecule has 5 N–H and O–H groups in total. The number of pyridine rings is 3. The summed E-state index contributed by atoms with van der Waals surface area (Å²) >= 11 is 12.5. The molecule has 0 fully saturated rings. The van der Waals surface area contributed by atoms with E-state index in [1.54, 1.807) is 50.0 Å². The van der Waals surface area contributed by atoms with Gasteiger partial charge in [0.2, 0.25) is 5.43 Å². The number of aliphatic imine (C=N–C) groups is 1. The van der Waals surface area contributed by atoms with Crippen LogP contribution in [-0.4, -0.2) is 51.8 Å². The highest BCUT2D eigenvalue weighted by Crippen LogP contribution is 2.32. The van der Waals surface area contributed by atoms with Gasteiger partial charge in [0.05, 0.1) is 28.3 Å². The Hall–Kier alpha value is -4.14. The lowest BCUT2D eigenvalue weighted by atomic mass is 9.95. The van der Waals surface area contributed by atoms with Crippen molar-refractivity contribution >= 4 is 57.2 Å². The maximum atomic E-state index is 12.3. The number of amides is 1. The number of benzene rings is 1. The topological polar surface area (TPSA) is 187 Å². The second-order valence-electron chi connectivity index (χ2n) is 12.5. The van der Waals surface area contributed by atoms with E-state index in [1.165, 1.54) is 42.5 Å². The third kappa shape index (κ3) is 12.0. The molecule has 3 heterocycles. The first-order valence-corrected chi connectivity index (χ1v) is 19.3. The fourth-order valence-electron chi connectivity index (χ4n) is 6.18. The first kappa shape index (κ1) is 40.6. The van der Waals surface area contributed by atoms with Crippen molar-refractivity contribution in [2.24, 2.45) is 4.99 Å². The first-order valence-electron chi connectivity index (χ1n) is 17.1. The zero-order valence-electron chi connectivity index (χ0n) is 29.2. The fourth-order valence-corrected chi connectivity index (χ4v) is 6.74. The summed E-state index contributed by atoms with van der Waals surface area (Å²) in [6.07, 6.45) is 20.0. The molecule has 7 rings (SSSR count). The Morgan fingerprint density at radius 3 is 1.98 bits per heavy atom. The highest BCUT2D eigenvalue weighted by molar-refractivity contribution is 7.79. The van der Waals surface area contributed by atoms with Gasteiger partial charge in [0.25, 0.3) is 5.91 Å². The summed E-state index contributed by atoms with van der Waals surface area (Å²) in [7, 11) is -2.95. The summed E-state index contributed by atoms with van der Waals surface area (Å²) in [5.41, 5.74) is 9.50. The van der Waals surface area contributed by atoms with E-state index >= 15 is 0 Å². The zero-order valence-corrected chi connectivity index (χ0v) is 31.5. The maximum Gasteiger partial charge on any atom is 0.394 e. The van der Waals surface area contributed by atoms with Crippen LogP contribution in [0.5, 0.6) is 0 Å². The van der Waals surface area contributed by atoms with Gasteiger partial charge in [0.1, 0.15) is 5.69 Å². The molecule has 0 spiro atoms. The lowest BCUT2D eigenvalue weighted by molar-refractivity contribution is 0.102. The highest BCUT2D eigenvalue weighted by atomic mass is 35.5. The van der Waals surface area contributed by atoms with Gasteiger partial charge in [-0.25, -0.2) is 0 Å². The summed E-state index contributed by atoms with van der Waals surface area (Å²) in [6.45, 7) is 2.02. The molecule has 3 aromatic heterocycles. The third-order valence-electron chi connectivity index (χ3n) is 8.76. The quantitative estimate of drug-likeness (QED) is 0.0798. The van der Waals surface area contributed by atoms with Crippen LogP contribution in [0.25, 0.3) is 0 Å². The summed E-state index contributed by atoms with van der Waals surface area (Å²) in [6, 6.07) is 8.89. The van der Waals surface area contributed by atoms with Crippen LogP contribution < -0.4 is 16.1 Å². The van der Waals surface area contributed by atoms with Crippen LogP contribution in [0.4, 0.5) is 11.4 Å². The van der Waals surface area contributed by atoms with Crippen LogP contribution in [0.15, 0.2) is 58.7 Å². The predicted molar refractivity (Wildman–Crippen MR) is 207 cm³/mol. The van der Waals surface area contributed by atoms with Crippen molar-refractivity contribution in [3.63, 3.8) is 0 Å². The van der Waals surface area contributed by atoms with Crippen molar-refractivity contribution in [2.45, 2.75) is 84.0 Å². The Bertz CT molecular complexity index is 2030. The third-order valence-corrected chi connectivity index (χ3v) is 9.72. The Balaban J connectivity index is 0.000000168. The Morgan fingerprint density at radius 1 is 0.827 bits per heavy atom. The minimum absolute atomic E-state index is 0.0530. The predicted octanol–water partition coefficient (Wildman–Crippen LogP) is 7.46. The van der Waals surface area contributed by atoms with E-state index in [1.807, 2.05) is 19.2 Å².